The molecule has 0 spiro atoms. The van der Waals surface area contributed by atoms with E-state index in [0.29, 0.717) is 12.6 Å². The van der Waals surface area contributed by atoms with E-state index in [1.807, 2.05) is 20.8 Å². The number of piperidine rings is 1. The maximum absolute atomic E-state index is 11.8. The van der Waals surface area contributed by atoms with E-state index in [0.717, 1.165) is 13.0 Å². The molecule has 3 N–H and O–H groups in total. The zero-order chi connectivity index (χ0) is 13.8. The Morgan fingerprint density at radius 1 is 1.50 bits per heavy atom. The zero-order valence-corrected chi connectivity index (χ0v) is 12.0. The molecule has 1 aliphatic rings. The summed E-state index contributed by atoms with van der Waals surface area (Å²) in [5.41, 5.74) is 5.31. The second kappa shape index (κ2) is 6.38. The fraction of sp³-hybridized carbons (Fsp3) is 0.923. The van der Waals surface area contributed by atoms with Gasteiger partial charge in [-0.3, -0.25) is 0 Å². The van der Waals surface area contributed by atoms with Gasteiger partial charge in [0.2, 0.25) is 0 Å². The van der Waals surface area contributed by atoms with E-state index >= 15 is 0 Å². The van der Waals surface area contributed by atoms with E-state index in [9.17, 15) is 4.79 Å². The third kappa shape index (κ3) is 4.82. The van der Waals surface area contributed by atoms with Crippen LogP contribution >= 0.6 is 0 Å². The van der Waals surface area contributed by atoms with Crippen molar-refractivity contribution in [3.8, 4) is 0 Å². The quantitative estimate of drug-likeness (QED) is 0.800. The van der Waals surface area contributed by atoms with Gasteiger partial charge in [0.15, 0.2) is 0 Å². The molecule has 106 valence electrons. The van der Waals surface area contributed by atoms with E-state index in [4.69, 9.17) is 10.5 Å². The molecule has 0 bridgehead atoms. The maximum Gasteiger partial charge on any atom is 0.407 e. The topological polar surface area (TPSA) is 67.6 Å². The van der Waals surface area contributed by atoms with Gasteiger partial charge in [-0.1, -0.05) is 6.42 Å². The van der Waals surface area contributed by atoms with E-state index in [2.05, 4.69) is 17.3 Å². The molecule has 1 fully saturated rings. The molecule has 1 heterocycles. The van der Waals surface area contributed by atoms with E-state index in [-0.39, 0.29) is 12.1 Å². The fourth-order valence-electron chi connectivity index (χ4n) is 2.38. The van der Waals surface area contributed by atoms with Gasteiger partial charge >= 0.3 is 6.09 Å². The van der Waals surface area contributed by atoms with Crippen LogP contribution < -0.4 is 11.1 Å². The molecule has 0 aliphatic carbocycles. The van der Waals surface area contributed by atoms with Gasteiger partial charge in [-0.25, -0.2) is 4.79 Å². The number of likely N-dealkylation sites (tertiary alicyclic amines) is 1. The molecule has 1 rings (SSSR count). The number of rotatable bonds is 3. The Bertz CT molecular complexity index is 276. The molecule has 2 unspecified atom stereocenters. The first-order valence-electron chi connectivity index (χ1n) is 6.73. The minimum atomic E-state index is -0.471. The van der Waals surface area contributed by atoms with E-state index < -0.39 is 5.60 Å². The normalized spacial score (nSPS) is 23.5. The largest absolute Gasteiger partial charge is 0.444 e. The molecular weight excluding hydrogens is 230 g/mol. The highest BCUT2D eigenvalue weighted by Crippen LogP contribution is 2.18. The predicted molar refractivity (Wildman–Crippen MR) is 72.5 cm³/mol. The Morgan fingerprint density at radius 3 is 2.67 bits per heavy atom. The van der Waals surface area contributed by atoms with Crippen LogP contribution in [-0.2, 0) is 4.74 Å². The summed E-state index contributed by atoms with van der Waals surface area (Å²) in [4.78, 5) is 14.0. The molecule has 2 atom stereocenters. The molecule has 1 aliphatic heterocycles. The lowest BCUT2D eigenvalue weighted by molar-refractivity contribution is 0.0454. The van der Waals surface area contributed by atoms with Crippen LogP contribution in [-0.4, -0.2) is 48.8 Å². The Balaban J connectivity index is 2.53. The van der Waals surface area contributed by atoms with Gasteiger partial charge in [-0.2, -0.15) is 0 Å². The van der Waals surface area contributed by atoms with Crippen LogP contribution in [0.4, 0.5) is 4.79 Å². The van der Waals surface area contributed by atoms with Crippen LogP contribution in [0.5, 0.6) is 0 Å². The van der Waals surface area contributed by atoms with Crippen LogP contribution in [0.2, 0.25) is 0 Å². The predicted octanol–water partition coefficient (Wildman–Crippen LogP) is 1.32. The highest BCUT2D eigenvalue weighted by molar-refractivity contribution is 5.68. The Labute approximate surface area is 110 Å². The highest BCUT2D eigenvalue weighted by atomic mass is 16.6. The molecule has 18 heavy (non-hydrogen) atoms. The average molecular weight is 257 g/mol. The van der Waals surface area contributed by atoms with Gasteiger partial charge in [0.25, 0.3) is 0 Å². The Kier molecular flexibility index (Phi) is 5.41. The number of carbonyl (C=O) groups is 1. The van der Waals surface area contributed by atoms with E-state index in [1.165, 1.54) is 12.8 Å². The van der Waals surface area contributed by atoms with Crippen molar-refractivity contribution in [2.45, 2.75) is 57.7 Å². The van der Waals surface area contributed by atoms with Gasteiger partial charge in [-0.05, 0) is 47.2 Å². The maximum atomic E-state index is 11.8. The molecule has 0 aromatic carbocycles. The minimum absolute atomic E-state index is 0.0369. The summed E-state index contributed by atoms with van der Waals surface area (Å²) in [5, 5.41) is 2.90. The smallest absolute Gasteiger partial charge is 0.407 e. The fourth-order valence-corrected chi connectivity index (χ4v) is 2.38. The molecule has 0 aromatic rings. The molecule has 0 radical (unpaired) electrons. The summed E-state index contributed by atoms with van der Waals surface area (Å²) in [5.74, 6) is 0. The van der Waals surface area contributed by atoms with Gasteiger partial charge < -0.3 is 20.7 Å². The summed E-state index contributed by atoms with van der Waals surface area (Å²) >= 11 is 0. The van der Waals surface area contributed by atoms with Crippen LogP contribution in [0, 0.1) is 0 Å². The molecule has 0 aromatic heterocycles. The molecule has 1 amide bonds. The third-order valence-corrected chi connectivity index (χ3v) is 3.25. The number of alkyl carbamates (subject to hydrolysis) is 1. The number of hydrogen-bond acceptors (Lipinski definition) is 4. The van der Waals surface area contributed by atoms with Crippen molar-refractivity contribution >= 4 is 6.09 Å². The minimum Gasteiger partial charge on any atom is -0.444 e. The number of hydrogen-bond donors (Lipinski definition) is 2. The third-order valence-electron chi connectivity index (χ3n) is 3.25. The number of carbonyl (C=O) groups excluding carboxylic acids is 1. The number of nitrogens with one attached hydrogen (secondary N) is 1. The summed E-state index contributed by atoms with van der Waals surface area (Å²) in [6.45, 7) is 7.08. The van der Waals surface area contributed by atoms with Crippen LogP contribution in [0.25, 0.3) is 0 Å². The average Bonchev–Trinajstić information content (AvgIpc) is 2.24. The van der Waals surface area contributed by atoms with Crippen LogP contribution in [0.3, 0.4) is 0 Å². The molecule has 5 nitrogen and oxygen atoms in total. The summed E-state index contributed by atoms with van der Waals surface area (Å²) in [7, 11) is 2.09. The van der Waals surface area contributed by atoms with Gasteiger partial charge in [0.05, 0.1) is 6.04 Å². The van der Waals surface area contributed by atoms with Crippen molar-refractivity contribution in [2.24, 2.45) is 5.73 Å². The summed E-state index contributed by atoms with van der Waals surface area (Å²) in [6, 6.07) is 0.279. The lowest BCUT2D eigenvalue weighted by Crippen LogP contribution is -2.56. The zero-order valence-electron chi connectivity index (χ0n) is 12.0. The monoisotopic (exact) mass is 257 g/mol. The number of ether oxygens (including phenoxy) is 1. The standard InChI is InChI=1S/C13H27N3O2/c1-13(2,3)18-12(17)15-10(9-14)11-7-5-6-8-16(11)4/h10-11H,5-9,14H2,1-4H3,(H,15,17). The van der Waals surface area contributed by atoms with Crippen molar-refractivity contribution < 1.29 is 9.53 Å². The van der Waals surface area contributed by atoms with Gasteiger partial charge in [0.1, 0.15) is 5.60 Å². The van der Waals surface area contributed by atoms with Crippen molar-refractivity contribution in [3.63, 3.8) is 0 Å². The van der Waals surface area contributed by atoms with Crippen molar-refractivity contribution in [3.05, 3.63) is 0 Å². The molecule has 5 heteroatoms. The van der Waals surface area contributed by atoms with Crippen molar-refractivity contribution in [2.75, 3.05) is 20.1 Å². The molecule has 1 saturated heterocycles. The summed E-state index contributed by atoms with van der Waals surface area (Å²) in [6.07, 6.45) is 3.11. The number of amides is 1. The van der Waals surface area contributed by atoms with Crippen molar-refractivity contribution in [1.82, 2.24) is 10.2 Å². The number of likely N-dealkylation sites (N-methyl/N-ethyl adjacent to an activating group) is 1. The first kappa shape index (κ1) is 15.2. The number of nitrogens with zero attached hydrogens (tertiary/aromatic N) is 1. The van der Waals surface area contributed by atoms with Crippen molar-refractivity contribution in [1.29, 1.82) is 0 Å². The first-order valence-corrected chi connectivity index (χ1v) is 6.73. The molecular formula is C13H27N3O2. The van der Waals surface area contributed by atoms with Crippen LogP contribution in [0.1, 0.15) is 40.0 Å². The second-order valence-corrected chi connectivity index (χ2v) is 6.03. The Morgan fingerprint density at radius 2 is 2.17 bits per heavy atom. The van der Waals surface area contributed by atoms with E-state index in [1.54, 1.807) is 0 Å². The highest BCUT2D eigenvalue weighted by Gasteiger charge is 2.29. The SMILES string of the molecule is CN1CCCCC1C(CN)NC(=O)OC(C)(C)C. The van der Waals surface area contributed by atoms with Gasteiger partial charge in [-0.15, -0.1) is 0 Å². The Hall–Kier alpha value is -0.810. The van der Waals surface area contributed by atoms with Gasteiger partial charge in [0, 0.05) is 12.6 Å². The molecule has 0 saturated carbocycles. The second-order valence-electron chi connectivity index (χ2n) is 6.03. The lowest BCUT2D eigenvalue weighted by Gasteiger charge is -2.38. The first-order chi connectivity index (χ1) is 8.33. The van der Waals surface area contributed by atoms with Crippen LogP contribution in [0.15, 0.2) is 0 Å². The lowest BCUT2D eigenvalue weighted by atomic mass is 9.96. The summed E-state index contributed by atoms with van der Waals surface area (Å²) < 4.78 is 5.27. The number of nitrogens with two attached hydrogens (primary N) is 1.